The van der Waals surface area contributed by atoms with E-state index in [4.69, 9.17) is 0 Å². The first kappa shape index (κ1) is 12.6. The average molecular weight is 268 g/mol. The van der Waals surface area contributed by atoms with Crippen molar-refractivity contribution >= 4 is 33.3 Å². The fourth-order valence-corrected chi connectivity index (χ4v) is 3.55. The van der Waals surface area contributed by atoms with Crippen LogP contribution < -0.4 is 5.56 Å². The number of hydrogen-bond acceptors (Lipinski definition) is 4. The van der Waals surface area contributed by atoms with Gasteiger partial charge < -0.3 is 0 Å². The molecule has 0 N–H and O–H groups in total. The summed E-state index contributed by atoms with van der Waals surface area (Å²) in [6.45, 7) is 4.85. The lowest BCUT2D eigenvalue weighted by Crippen LogP contribution is -2.21. The maximum atomic E-state index is 12.2. The summed E-state index contributed by atoms with van der Waals surface area (Å²) in [5.41, 5.74) is 0.940. The van der Waals surface area contributed by atoms with Crippen LogP contribution in [0, 0.1) is 0 Å². The number of nitrogens with zero attached hydrogens (tertiary/aromatic N) is 2. The molecule has 0 saturated carbocycles. The van der Waals surface area contributed by atoms with Crippen molar-refractivity contribution in [2.45, 2.75) is 38.4 Å². The van der Waals surface area contributed by atoms with E-state index in [-0.39, 0.29) is 5.56 Å². The number of rotatable bonds is 5. The highest BCUT2D eigenvalue weighted by Gasteiger charge is 2.10. The molecule has 5 heteroatoms. The second kappa shape index (κ2) is 5.69. The molecule has 92 valence electrons. The smallest absolute Gasteiger partial charge is 0.272 e. The van der Waals surface area contributed by atoms with Crippen LogP contribution >= 0.6 is 23.1 Å². The Bertz CT molecular complexity index is 559. The van der Waals surface area contributed by atoms with Gasteiger partial charge in [-0.3, -0.25) is 9.36 Å². The molecule has 3 nitrogen and oxygen atoms in total. The Morgan fingerprint density at radius 3 is 3.00 bits per heavy atom. The standard InChI is InChI=1S/C12H16N2OS2/c1-3-5-7-17-12-13-9-6-8-16-10(9)11(15)14(12)4-2/h6,8H,3-5,7H2,1-2H3. The average Bonchev–Trinajstić information content (AvgIpc) is 2.78. The third-order valence-electron chi connectivity index (χ3n) is 2.58. The molecular formula is C12H16N2OS2. The van der Waals surface area contributed by atoms with Gasteiger partial charge in [0.15, 0.2) is 5.16 Å². The van der Waals surface area contributed by atoms with Crippen molar-refractivity contribution in [3.63, 3.8) is 0 Å². The van der Waals surface area contributed by atoms with Gasteiger partial charge in [-0.05, 0) is 24.8 Å². The molecule has 17 heavy (non-hydrogen) atoms. The number of hydrogen-bond donors (Lipinski definition) is 0. The van der Waals surface area contributed by atoms with Crippen molar-refractivity contribution in [1.82, 2.24) is 9.55 Å². The zero-order valence-electron chi connectivity index (χ0n) is 10.1. The molecule has 0 unspecified atom stereocenters. The Balaban J connectivity index is 2.42. The van der Waals surface area contributed by atoms with Gasteiger partial charge in [-0.1, -0.05) is 25.1 Å². The summed E-state index contributed by atoms with van der Waals surface area (Å²) in [6.07, 6.45) is 2.33. The largest absolute Gasteiger partial charge is 0.287 e. The van der Waals surface area contributed by atoms with Gasteiger partial charge in [0.1, 0.15) is 4.70 Å². The zero-order valence-corrected chi connectivity index (χ0v) is 11.7. The van der Waals surface area contributed by atoms with Gasteiger partial charge in [0, 0.05) is 12.3 Å². The lowest BCUT2D eigenvalue weighted by molar-refractivity contribution is 0.635. The second-order valence-corrected chi connectivity index (χ2v) is 5.76. The van der Waals surface area contributed by atoms with Crippen LogP contribution in [0.25, 0.3) is 10.2 Å². The van der Waals surface area contributed by atoms with Crippen LogP contribution in [-0.2, 0) is 6.54 Å². The van der Waals surface area contributed by atoms with Gasteiger partial charge in [0.25, 0.3) is 5.56 Å². The molecule has 2 aromatic rings. The highest BCUT2D eigenvalue weighted by Crippen LogP contribution is 2.21. The van der Waals surface area contributed by atoms with E-state index >= 15 is 0 Å². The normalized spacial score (nSPS) is 11.2. The summed E-state index contributed by atoms with van der Waals surface area (Å²) >= 11 is 3.16. The monoisotopic (exact) mass is 268 g/mol. The van der Waals surface area contributed by atoms with Crippen LogP contribution in [0.3, 0.4) is 0 Å². The van der Waals surface area contributed by atoms with E-state index in [1.54, 1.807) is 16.3 Å². The Labute approximate surface area is 109 Å². The van der Waals surface area contributed by atoms with Crippen LogP contribution in [0.5, 0.6) is 0 Å². The first-order valence-corrected chi connectivity index (χ1v) is 7.75. The first-order chi connectivity index (χ1) is 8.27. The van der Waals surface area contributed by atoms with Crippen LogP contribution in [-0.4, -0.2) is 15.3 Å². The third-order valence-corrected chi connectivity index (χ3v) is 4.53. The van der Waals surface area contributed by atoms with Crippen molar-refractivity contribution in [3.8, 4) is 0 Å². The van der Waals surface area contributed by atoms with Crippen LogP contribution in [0.15, 0.2) is 21.4 Å². The molecule has 0 bridgehead atoms. The Kier molecular flexibility index (Phi) is 4.23. The van der Waals surface area contributed by atoms with Crippen molar-refractivity contribution in [2.75, 3.05) is 5.75 Å². The molecule has 2 aromatic heterocycles. The van der Waals surface area contributed by atoms with E-state index in [1.807, 2.05) is 18.4 Å². The van der Waals surface area contributed by atoms with Gasteiger partial charge in [0.05, 0.1) is 5.52 Å². The fraction of sp³-hybridized carbons (Fsp3) is 0.500. The predicted octanol–water partition coefficient (Wildman–Crippen LogP) is 3.37. The molecular weight excluding hydrogens is 252 g/mol. The summed E-state index contributed by atoms with van der Waals surface area (Å²) in [6, 6.07) is 1.92. The minimum Gasteiger partial charge on any atom is -0.287 e. The van der Waals surface area contributed by atoms with Gasteiger partial charge >= 0.3 is 0 Å². The number of thiophene rings is 1. The Hall–Kier alpha value is -0.810. The molecule has 0 radical (unpaired) electrons. The SMILES string of the molecule is CCCCSc1nc2ccsc2c(=O)n1CC. The second-order valence-electron chi connectivity index (χ2n) is 3.78. The van der Waals surface area contributed by atoms with Gasteiger partial charge in [-0.15, -0.1) is 11.3 Å². The van der Waals surface area contributed by atoms with Gasteiger partial charge in [-0.2, -0.15) is 0 Å². The molecule has 0 spiro atoms. The zero-order chi connectivity index (χ0) is 12.3. The van der Waals surface area contributed by atoms with E-state index in [0.29, 0.717) is 6.54 Å². The topological polar surface area (TPSA) is 34.9 Å². The first-order valence-electron chi connectivity index (χ1n) is 5.88. The summed E-state index contributed by atoms with van der Waals surface area (Å²) < 4.78 is 2.55. The third kappa shape index (κ3) is 2.55. The Morgan fingerprint density at radius 1 is 1.47 bits per heavy atom. The van der Waals surface area contributed by atoms with Gasteiger partial charge in [-0.25, -0.2) is 4.98 Å². The van der Waals surface area contributed by atoms with E-state index in [2.05, 4.69) is 11.9 Å². The van der Waals surface area contributed by atoms with Crippen LogP contribution in [0.2, 0.25) is 0 Å². The summed E-state index contributed by atoms with van der Waals surface area (Å²) in [4.78, 5) is 16.8. The molecule has 0 atom stereocenters. The van der Waals surface area contributed by atoms with E-state index in [1.165, 1.54) is 17.8 Å². The van der Waals surface area contributed by atoms with E-state index in [0.717, 1.165) is 27.5 Å². The molecule has 2 heterocycles. The highest BCUT2D eigenvalue weighted by atomic mass is 32.2. The number of unbranched alkanes of at least 4 members (excludes halogenated alkanes) is 1. The fourth-order valence-electron chi connectivity index (χ4n) is 1.62. The molecule has 0 aliphatic rings. The van der Waals surface area contributed by atoms with E-state index in [9.17, 15) is 4.79 Å². The summed E-state index contributed by atoms with van der Waals surface area (Å²) in [5, 5.41) is 2.79. The predicted molar refractivity (Wildman–Crippen MR) is 75.2 cm³/mol. The lowest BCUT2D eigenvalue weighted by atomic mass is 10.4. The van der Waals surface area contributed by atoms with Crippen molar-refractivity contribution in [3.05, 3.63) is 21.8 Å². The molecule has 0 aliphatic carbocycles. The summed E-state index contributed by atoms with van der Waals surface area (Å²) in [5.74, 6) is 1.03. The minimum absolute atomic E-state index is 0.103. The molecule has 0 aliphatic heterocycles. The quantitative estimate of drug-likeness (QED) is 0.474. The molecule has 0 amide bonds. The van der Waals surface area contributed by atoms with E-state index < -0.39 is 0 Å². The van der Waals surface area contributed by atoms with Gasteiger partial charge in [0.2, 0.25) is 0 Å². The molecule has 0 aromatic carbocycles. The van der Waals surface area contributed by atoms with Crippen LogP contribution in [0.1, 0.15) is 26.7 Å². The number of thioether (sulfide) groups is 1. The lowest BCUT2D eigenvalue weighted by Gasteiger charge is -2.09. The van der Waals surface area contributed by atoms with Crippen molar-refractivity contribution in [1.29, 1.82) is 0 Å². The van der Waals surface area contributed by atoms with Crippen LogP contribution in [0.4, 0.5) is 0 Å². The Morgan fingerprint density at radius 2 is 2.29 bits per heavy atom. The number of aromatic nitrogens is 2. The van der Waals surface area contributed by atoms with Crippen molar-refractivity contribution < 1.29 is 0 Å². The van der Waals surface area contributed by atoms with Crippen molar-refractivity contribution in [2.24, 2.45) is 0 Å². The highest BCUT2D eigenvalue weighted by molar-refractivity contribution is 7.99. The minimum atomic E-state index is 0.103. The maximum absolute atomic E-state index is 12.2. The summed E-state index contributed by atoms with van der Waals surface area (Å²) in [7, 11) is 0. The molecule has 0 fully saturated rings. The number of fused-ring (bicyclic) bond motifs is 1. The maximum Gasteiger partial charge on any atom is 0.272 e. The molecule has 2 rings (SSSR count). The molecule has 0 saturated heterocycles.